The van der Waals surface area contributed by atoms with Crippen LogP contribution in [0.4, 0.5) is 8.78 Å². The van der Waals surface area contributed by atoms with Gasteiger partial charge in [0.25, 0.3) is 0 Å². The molecule has 4 heteroatoms. The Morgan fingerprint density at radius 3 is 1.70 bits per heavy atom. The van der Waals surface area contributed by atoms with Crippen molar-refractivity contribution in [2.24, 2.45) is 0 Å². The minimum atomic E-state index is -0.816. The molecule has 0 fully saturated rings. The van der Waals surface area contributed by atoms with E-state index in [-0.39, 0.29) is 27.9 Å². The van der Waals surface area contributed by atoms with E-state index in [9.17, 15) is 8.78 Å². The molecule has 151 valence electrons. The fourth-order valence-electron chi connectivity index (χ4n) is 3.08. The van der Waals surface area contributed by atoms with Gasteiger partial charge < -0.3 is 0 Å². The van der Waals surface area contributed by atoms with Crippen LogP contribution in [0.25, 0.3) is 0 Å². The van der Waals surface area contributed by atoms with E-state index < -0.39 is 19.6 Å². The van der Waals surface area contributed by atoms with Gasteiger partial charge in [0, 0.05) is 39.3 Å². The van der Waals surface area contributed by atoms with Gasteiger partial charge in [-0.15, -0.1) is 0 Å². The van der Waals surface area contributed by atoms with Crippen LogP contribution in [0, 0.1) is 23.5 Å². The van der Waals surface area contributed by atoms with Gasteiger partial charge in [0.1, 0.15) is 11.6 Å². The second kappa shape index (κ2) is 10.5. The van der Waals surface area contributed by atoms with Crippen LogP contribution in [0.1, 0.15) is 11.1 Å². The average Bonchev–Trinajstić information content (AvgIpc) is 2.76. The van der Waals surface area contributed by atoms with Gasteiger partial charge >= 0.3 is 0 Å². The van der Waals surface area contributed by atoms with Crippen molar-refractivity contribution in [2.45, 2.75) is 0 Å². The standard InChI is InChI=1S/C26H17F2P.Au/c27-22-18-17-20(25(28)19-22)15-16-21-9-7-8-14-26(21)29(23-10-3-1-4-11-23)24-12-5-2-6-13-24;/h1-14,17-19H;. The van der Waals surface area contributed by atoms with Crippen molar-refractivity contribution in [1.82, 2.24) is 0 Å². The van der Waals surface area contributed by atoms with E-state index in [1.165, 1.54) is 22.7 Å². The first-order chi connectivity index (χ1) is 14.2. The van der Waals surface area contributed by atoms with Crippen molar-refractivity contribution in [3.05, 3.63) is 126 Å². The Bertz CT molecular complexity index is 1140. The molecule has 4 rings (SSSR count). The zero-order valence-electron chi connectivity index (χ0n) is 15.8. The summed E-state index contributed by atoms with van der Waals surface area (Å²) in [5, 5.41) is 3.54. The molecule has 0 aliphatic heterocycles. The van der Waals surface area contributed by atoms with Gasteiger partial charge in [0.15, 0.2) is 0 Å². The summed E-state index contributed by atoms with van der Waals surface area (Å²) in [5.74, 6) is 4.73. The maximum absolute atomic E-state index is 14.0. The third-order valence-electron chi connectivity index (χ3n) is 4.44. The van der Waals surface area contributed by atoms with Gasteiger partial charge in [-0.05, 0) is 36.7 Å². The fraction of sp³-hybridized carbons (Fsp3) is 0. The van der Waals surface area contributed by atoms with Crippen LogP contribution in [-0.4, -0.2) is 0 Å². The summed E-state index contributed by atoms with van der Waals surface area (Å²) in [6.45, 7) is 0. The number of rotatable bonds is 3. The smallest absolute Gasteiger partial charge is 0.141 e. The largest absolute Gasteiger partial charge is 0.207 e. The van der Waals surface area contributed by atoms with Crippen molar-refractivity contribution in [2.75, 3.05) is 0 Å². The van der Waals surface area contributed by atoms with Crippen LogP contribution in [0.2, 0.25) is 0 Å². The van der Waals surface area contributed by atoms with E-state index >= 15 is 0 Å². The molecule has 0 N–H and O–H groups in total. The van der Waals surface area contributed by atoms with Crippen molar-refractivity contribution < 1.29 is 31.2 Å². The molecule has 0 aromatic heterocycles. The summed E-state index contributed by atoms with van der Waals surface area (Å²) in [7, 11) is -0.816. The summed E-state index contributed by atoms with van der Waals surface area (Å²) < 4.78 is 27.2. The second-order valence-corrected chi connectivity index (χ2v) is 8.58. The van der Waals surface area contributed by atoms with Crippen molar-refractivity contribution in [3.8, 4) is 11.8 Å². The molecule has 0 amide bonds. The average molecular weight is 595 g/mol. The number of benzene rings is 4. The van der Waals surface area contributed by atoms with Crippen LogP contribution < -0.4 is 15.9 Å². The molecule has 0 unspecified atom stereocenters. The Labute approximate surface area is 192 Å². The van der Waals surface area contributed by atoms with E-state index in [0.29, 0.717) is 0 Å². The molecule has 4 aromatic carbocycles. The zero-order chi connectivity index (χ0) is 20.1. The second-order valence-electron chi connectivity index (χ2n) is 6.40. The Balaban J connectivity index is 0.00000256. The maximum atomic E-state index is 14.0. The molecule has 0 aliphatic rings. The normalized spacial score (nSPS) is 10.1. The molecule has 0 bridgehead atoms. The Hall–Kier alpha value is -2.53. The molecular formula is C26H17AuF2P. The topological polar surface area (TPSA) is 0 Å². The Kier molecular flexibility index (Phi) is 7.75. The minimum Gasteiger partial charge on any atom is -0.207 e. The molecule has 0 saturated heterocycles. The van der Waals surface area contributed by atoms with E-state index in [1.54, 1.807) is 0 Å². The summed E-state index contributed by atoms with van der Waals surface area (Å²) in [6, 6.07) is 32.1. The minimum absolute atomic E-state index is 0. The van der Waals surface area contributed by atoms with Crippen molar-refractivity contribution in [3.63, 3.8) is 0 Å². The Morgan fingerprint density at radius 2 is 1.10 bits per heavy atom. The van der Waals surface area contributed by atoms with Crippen LogP contribution in [-0.2, 0) is 22.4 Å². The van der Waals surface area contributed by atoms with Gasteiger partial charge in [-0.25, -0.2) is 8.78 Å². The molecule has 0 saturated carbocycles. The fourth-order valence-corrected chi connectivity index (χ4v) is 5.48. The first kappa shape index (κ1) is 22.2. The van der Waals surface area contributed by atoms with Gasteiger partial charge in [-0.1, -0.05) is 90.7 Å². The SMILES string of the molecule is Fc1ccc(C#Cc2ccccc2P(c2ccccc2)c2ccccc2)c(F)c1.[Au]. The van der Waals surface area contributed by atoms with Gasteiger partial charge in [-0.3, -0.25) is 0 Å². The maximum Gasteiger partial charge on any atom is 0.141 e. The monoisotopic (exact) mass is 595 g/mol. The first-order valence-corrected chi connectivity index (χ1v) is 10.5. The quantitative estimate of drug-likeness (QED) is 0.175. The van der Waals surface area contributed by atoms with E-state index in [2.05, 4.69) is 42.2 Å². The predicted molar refractivity (Wildman–Crippen MR) is 117 cm³/mol. The predicted octanol–water partition coefficient (Wildman–Crippen LogP) is 5.12. The third kappa shape index (κ3) is 5.14. The zero-order valence-corrected chi connectivity index (χ0v) is 18.9. The van der Waals surface area contributed by atoms with E-state index in [1.807, 2.05) is 54.6 Å². The third-order valence-corrected chi connectivity index (χ3v) is 6.94. The molecule has 0 atom stereocenters. The summed E-state index contributed by atoms with van der Waals surface area (Å²) in [6.07, 6.45) is 0. The van der Waals surface area contributed by atoms with Crippen molar-refractivity contribution >= 4 is 23.8 Å². The molecule has 30 heavy (non-hydrogen) atoms. The molecular weight excluding hydrogens is 578 g/mol. The molecule has 4 aromatic rings. The summed E-state index contributed by atoms with van der Waals surface area (Å²) in [5.41, 5.74) is 1.03. The van der Waals surface area contributed by atoms with Crippen LogP contribution in [0.15, 0.2) is 103 Å². The molecule has 0 nitrogen and oxygen atoms in total. The van der Waals surface area contributed by atoms with Crippen molar-refractivity contribution in [1.29, 1.82) is 0 Å². The van der Waals surface area contributed by atoms with Gasteiger partial charge in [0.2, 0.25) is 0 Å². The summed E-state index contributed by atoms with van der Waals surface area (Å²) >= 11 is 0. The number of hydrogen-bond donors (Lipinski definition) is 0. The molecule has 0 aliphatic carbocycles. The molecule has 1 radical (unpaired) electrons. The first-order valence-electron chi connectivity index (χ1n) is 9.19. The Morgan fingerprint density at radius 1 is 0.567 bits per heavy atom. The molecule has 0 spiro atoms. The van der Waals surface area contributed by atoms with Crippen LogP contribution in [0.5, 0.6) is 0 Å². The molecule has 0 heterocycles. The number of hydrogen-bond acceptors (Lipinski definition) is 0. The van der Waals surface area contributed by atoms with Crippen LogP contribution >= 0.6 is 7.92 Å². The number of halogens is 2. The van der Waals surface area contributed by atoms with E-state index in [0.717, 1.165) is 16.9 Å². The van der Waals surface area contributed by atoms with Crippen LogP contribution in [0.3, 0.4) is 0 Å². The van der Waals surface area contributed by atoms with Gasteiger partial charge in [-0.2, -0.15) is 0 Å². The van der Waals surface area contributed by atoms with E-state index in [4.69, 9.17) is 0 Å². The summed E-state index contributed by atoms with van der Waals surface area (Å²) in [4.78, 5) is 0. The van der Waals surface area contributed by atoms with Gasteiger partial charge in [0.05, 0.1) is 5.56 Å².